The number of hydrogen-bond acceptors (Lipinski definition) is 5. The molecule has 0 saturated carbocycles. The van der Waals surface area contributed by atoms with Gasteiger partial charge in [0.05, 0.1) is 9.82 Å². The third kappa shape index (κ3) is 3.91. The van der Waals surface area contributed by atoms with Crippen LogP contribution in [0.25, 0.3) is 0 Å². The van der Waals surface area contributed by atoms with Crippen LogP contribution in [0.5, 0.6) is 5.75 Å². The number of aliphatic carboxylic acids is 1. The number of hydrogen-bond donors (Lipinski definition) is 1. The minimum Gasteiger partial charge on any atom is -0.479 e. The number of nitro groups is 1. The number of carboxylic acids is 1. The minimum absolute atomic E-state index is 0.431. The first kappa shape index (κ1) is 15.9. The van der Waals surface area contributed by atoms with Gasteiger partial charge in [-0.1, -0.05) is 0 Å². The van der Waals surface area contributed by atoms with Gasteiger partial charge in [-0.05, 0) is 12.1 Å². The van der Waals surface area contributed by atoms with E-state index in [4.69, 9.17) is 5.11 Å². The van der Waals surface area contributed by atoms with Gasteiger partial charge in [-0.15, -0.1) is 0 Å². The van der Waals surface area contributed by atoms with Gasteiger partial charge < -0.3 is 9.84 Å². The lowest BCUT2D eigenvalue weighted by atomic mass is 10.3. The van der Waals surface area contributed by atoms with Crippen molar-refractivity contribution in [2.24, 2.45) is 0 Å². The molecule has 0 radical (unpaired) electrons. The van der Waals surface area contributed by atoms with Crippen LogP contribution in [0.2, 0.25) is 0 Å². The molecule has 7 nitrogen and oxygen atoms in total. The number of nitro benzene ring substituents is 1. The highest BCUT2D eigenvalue weighted by Crippen LogP contribution is 2.33. The highest BCUT2D eigenvalue weighted by molar-refractivity contribution is 7.86. The zero-order valence-electron chi connectivity index (χ0n) is 9.42. The van der Waals surface area contributed by atoms with E-state index in [9.17, 15) is 32.3 Å². The summed E-state index contributed by atoms with van der Waals surface area (Å²) in [6.45, 7) is -0.900. The van der Waals surface area contributed by atoms with Crippen LogP contribution in [-0.2, 0) is 15.6 Å². The van der Waals surface area contributed by atoms with Crippen LogP contribution in [0.15, 0.2) is 23.1 Å². The van der Waals surface area contributed by atoms with Gasteiger partial charge in [0, 0.05) is 6.07 Å². The summed E-state index contributed by atoms with van der Waals surface area (Å²) in [5.74, 6) is -1.94. The molecule has 110 valence electrons. The summed E-state index contributed by atoms with van der Waals surface area (Å²) >= 11 is 0. The molecule has 1 aromatic carbocycles. The summed E-state index contributed by atoms with van der Waals surface area (Å²) in [6.07, 6.45) is 0. The molecule has 0 aliphatic rings. The number of nitrogens with zero attached hydrogens (tertiary/aromatic N) is 1. The third-order valence-electron chi connectivity index (χ3n) is 1.90. The number of carboxylic acid groups (broad SMARTS) is 1. The van der Waals surface area contributed by atoms with Crippen LogP contribution >= 0.6 is 0 Å². The molecule has 1 N–H and O–H groups in total. The molecule has 20 heavy (non-hydrogen) atoms. The fourth-order valence-corrected chi connectivity index (χ4v) is 1.83. The van der Waals surface area contributed by atoms with Gasteiger partial charge in [0.2, 0.25) is 0 Å². The van der Waals surface area contributed by atoms with Crippen molar-refractivity contribution in [1.29, 1.82) is 0 Å². The Bertz CT molecular complexity index is 573. The molecule has 0 aliphatic heterocycles. The monoisotopic (exact) mass is 313 g/mol. The van der Waals surface area contributed by atoms with Crippen molar-refractivity contribution >= 4 is 22.5 Å². The summed E-state index contributed by atoms with van der Waals surface area (Å²) in [5, 5.41) is 19.1. The van der Waals surface area contributed by atoms with Crippen LogP contribution < -0.4 is 4.74 Å². The molecule has 1 aromatic rings. The summed E-state index contributed by atoms with van der Waals surface area (Å²) in [7, 11) is -3.42. The van der Waals surface area contributed by atoms with E-state index >= 15 is 0 Å². The lowest BCUT2D eigenvalue weighted by molar-refractivity contribution is -0.386. The highest BCUT2D eigenvalue weighted by Gasteiger charge is 2.39. The van der Waals surface area contributed by atoms with E-state index in [-0.39, 0.29) is 0 Å². The first-order valence-electron chi connectivity index (χ1n) is 4.74. The second-order valence-corrected chi connectivity index (χ2v) is 4.76. The van der Waals surface area contributed by atoms with Crippen molar-refractivity contribution in [1.82, 2.24) is 0 Å². The second-order valence-electron chi connectivity index (χ2n) is 3.28. The predicted octanol–water partition coefficient (Wildman–Crippen LogP) is 1.69. The van der Waals surface area contributed by atoms with E-state index in [1.807, 2.05) is 0 Å². The van der Waals surface area contributed by atoms with Gasteiger partial charge in [-0.2, -0.15) is 13.2 Å². The fourth-order valence-electron chi connectivity index (χ4n) is 1.15. The average molecular weight is 313 g/mol. The Morgan fingerprint density at radius 3 is 2.50 bits per heavy atom. The van der Waals surface area contributed by atoms with Crippen molar-refractivity contribution in [3.8, 4) is 5.75 Å². The van der Waals surface area contributed by atoms with Crippen LogP contribution in [0, 0.1) is 10.1 Å². The van der Waals surface area contributed by atoms with Crippen molar-refractivity contribution in [2.45, 2.75) is 10.4 Å². The Kier molecular flexibility index (Phi) is 4.65. The van der Waals surface area contributed by atoms with Crippen LogP contribution in [0.3, 0.4) is 0 Å². The van der Waals surface area contributed by atoms with Gasteiger partial charge >= 0.3 is 17.2 Å². The van der Waals surface area contributed by atoms with Crippen molar-refractivity contribution in [3.05, 3.63) is 28.3 Å². The molecule has 1 rings (SSSR count). The van der Waals surface area contributed by atoms with E-state index < -0.39 is 50.1 Å². The number of carbonyl (C=O) groups is 1. The summed E-state index contributed by atoms with van der Waals surface area (Å²) in [5.41, 5.74) is -5.96. The summed E-state index contributed by atoms with van der Waals surface area (Å²) < 4.78 is 52.3. The maximum atomic E-state index is 12.2. The fraction of sp³-hybridized carbons (Fsp3) is 0.222. The molecule has 0 aromatic heterocycles. The molecule has 0 bridgehead atoms. The summed E-state index contributed by atoms with van der Waals surface area (Å²) in [4.78, 5) is 19.1. The number of halogens is 3. The molecule has 11 heteroatoms. The van der Waals surface area contributed by atoms with Gasteiger partial charge in [0.25, 0.3) is 0 Å². The van der Waals surface area contributed by atoms with Gasteiger partial charge in [0.15, 0.2) is 23.2 Å². The van der Waals surface area contributed by atoms with Crippen molar-refractivity contribution < 1.29 is 36.9 Å². The predicted molar refractivity (Wildman–Crippen MR) is 58.7 cm³/mol. The molecular weight excluding hydrogens is 307 g/mol. The smallest absolute Gasteiger partial charge is 0.475 e. The molecule has 0 heterocycles. The van der Waals surface area contributed by atoms with Crippen LogP contribution in [0.1, 0.15) is 0 Å². The topological polar surface area (TPSA) is 107 Å². The zero-order chi connectivity index (χ0) is 15.5. The van der Waals surface area contributed by atoms with E-state index in [2.05, 4.69) is 4.74 Å². The van der Waals surface area contributed by atoms with Crippen LogP contribution in [-0.4, -0.2) is 32.3 Å². The standard InChI is InChI=1S/C9H6F3NO6S/c10-9(11,12)20(18)5-1-2-7(19-4-8(14)15)6(3-5)13(16)17/h1-3H,4H2,(H,14,15). The Labute approximate surface area is 111 Å². The maximum absolute atomic E-state index is 12.2. The quantitative estimate of drug-likeness (QED) is 0.654. The Morgan fingerprint density at radius 2 is 2.05 bits per heavy atom. The first-order valence-corrected chi connectivity index (χ1v) is 5.89. The van der Waals surface area contributed by atoms with Gasteiger partial charge in [-0.25, -0.2) is 9.00 Å². The van der Waals surface area contributed by atoms with Crippen molar-refractivity contribution in [3.63, 3.8) is 0 Å². The molecule has 1 unspecified atom stereocenters. The largest absolute Gasteiger partial charge is 0.479 e. The van der Waals surface area contributed by atoms with Gasteiger partial charge in [-0.3, -0.25) is 10.1 Å². The Balaban J connectivity index is 3.17. The number of alkyl halides is 3. The third-order valence-corrected chi connectivity index (χ3v) is 3.01. The zero-order valence-corrected chi connectivity index (χ0v) is 10.2. The average Bonchev–Trinajstić information content (AvgIpc) is 2.33. The Hall–Kier alpha value is -2.17. The van der Waals surface area contributed by atoms with Crippen LogP contribution in [0.4, 0.5) is 18.9 Å². The van der Waals surface area contributed by atoms with Gasteiger partial charge in [0.1, 0.15) is 0 Å². The van der Waals surface area contributed by atoms with E-state index in [0.717, 1.165) is 6.07 Å². The number of ether oxygens (including phenoxy) is 1. The van der Waals surface area contributed by atoms with Crippen molar-refractivity contribution in [2.75, 3.05) is 6.61 Å². The molecular formula is C9H6F3NO6S. The normalized spacial score (nSPS) is 12.8. The Morgan fingerprint density at radius 1 is 1.45 bits per heavy atom. The molecule has 1 atom stereocenters. The van der Waals surface area contributed by atoms with E-state index in [1.54, 1.807) is 0 Å². The first-order chi connectivity index (χ1) is 9.12. The molecule has 0 aliphatic carbocycles. The molecule has 0 spiro atoms. The molecule has 0 saturated heterocycles. The lowest BCUT2D eigenvalue weighted by Crippen LogP contribution is -2.16. The second kappa shape index (κ2) is 5.86. The number of rotatable bonds is 5. The molecule has 0 amide bonds. The highest BCUT2D eigenvalue weighted by atomic mass is 32.2. The lowest BCUT2D eigenvalue weighted by Gasteiger charge is -2.08. The maximum Gasteiger partial charge on any atom is 0.475 e. The SMILES string of the molecule is O=C(O)COc1ccc(S(=O)C(F)(F)F)cc1[N+](=O)[O-]. The molecule has 0 fully saturated rings. The van der Waals surface area contributed by atoms with E-state index in [1.165, 1.54) is 0 Å². The summed E-state index contributed by atoms with van der Waals surface area (Å²) in [6, 6.07) is 1.91. The minimum atomic E-state index is -5.06. The van der Waals surface area contributed by atoms with E-state index in [0.29, 0.717) is 12.1 Å². The number of benzene rings is 1.